The van der Waals surface area contributed by atoms with Crippen LogP contribution in [0.25, 0.3) is 0 Å². The minimum atomic E-state index is -1.63. The Morgan fingerprint density at radius 3 is 2.75 bits per heavy atom. The van der Waals surface area contributed by atoms with Crippen LogP contribution in [0.1, 0.15) is 12.8 Å². The zero-order valence-electron chi connectivity index (χ0n) is 4.41. The largest absolute Gasteiger partial charge is 0.306 e. The Hall–Kier alpha value is -0.150. The van der Waals surface area contributed by atoms with Crippen LogP contribution in [0.2, 0.25) is 0 Å². The van der Waals surface area contributed by atoms with Crippen LogP contribution in [-0.4, -0.2) is 14.0 Å². The Balaban J connectivity index is 2.48. The number of rotatable bonds is 1. The lowest BCUT2D eigenvalue weighted by Crippen LogP contribution is -2.06. The van der Waals surface area contributed by atoms with Crippen molar-refractivity contribution in [2.24, 2.45) is 0 Å². The number of allylic oxidation sites excluding steroid dienone is 1. The van der Waals surface area contributed by atoms with E-state index in [2.05, 4.69) is 0 Å². The van der Waals surface area contributed by atoms with Gasteiger partial charge in [-0.15, -0.1) is 0 Å². The molecule has 0 saturated heterocycles. The van der Waals surface area contributed by atoms with Crippen LogP contribution in [-0.2, 0) is 11.1 Å². The highest BCUT2D eigenvalue weighted by Crippen LogP contribution is 2.13. The maximum Gasteiger partial charge on any atom is 0.159 e. The Morgan fingerprint density at radius 1 is 1.75 bits per heavy atom. The molecule has 1 aliphatic carbocycles. The molecular weight excluding hydrogens is 124 g/mol. The molecule has 2 atom stereocenters. The maximum absolute atomic E-state index is 10.3. The standard InChI is InChI=1S/C5H8O2S/c6-8(7)5-3-1-2-4-5/h1,3,5H,2,4H2,(H,6,7). The molecule has 0 radical (unpaired) electrons. The van der Waals surface area contributed by atoms with Crippen LogP contribution in [0.5, 0.6) is 0 Å². The van der Waals surface area contributed by atoms with E-state index in [1.54, 1.807) is 6.08 Å². The summed E-state index contributed by atoms with van der Waals surface area (Å²) in [7, 11) is 0. The smallest absolute Gasteiger partial charge is 0.159 e. The first-order chi connectivity index (χ1) is 3.80. The van der Waals surface area contributed by atoms with E-state index < -0.39 is 11.1 Å². The van der Waals surface area contributed by atoms with Gasteiger partial charge in [0.1, 0.15) is 0 Å². The molecule has 0 spiro atoms. The predicted molar refractivity (Wildman–Crippen MR) is 32.9 cm³/mol. The molecule has 0 fully saturated rings. The Bertz CT molecular complexity index is 130. The van der Waals surface area contributed by atoms with E-state index in [1.165, 1.54) is 0 Å². The lowest BCUT2D eigenvalue weighted by molar-refractivity contribution is 0.555. The van der Waals surface area contributed by atoms with Crippen LogP contribution in [0, 0.1) is 0 Å². The molecular formula is C5H8O2S. The van der Waals surface area contributed by atoms with E-state index in [9.17, 15) is 4.21 Å². The lowest BCUT2D eigenvalue weighted by Gasteiger charge is -1.96. The van der Waals surface area contributed by atoms with Crippen molar-refractivity contribution in [1.82, 2.24) is 0 Å². The third-order valence-corrected chi connectivity index (χ3v) is 2.14. The van der Waals surface area contributed by atoms with Crippen LogP contribution in [0.4, 0.5) is 0 Å². The summed E-state index contributed by atoms with van der Waals surface area (Å²) in [5, 5.41) is -0.0880. The molecule has 46 valence electrons. The minimum absolute atomic E-state index is 0.0880. The van der Waals surface area contributed by atoms with Crippen molar-refractivity contribution < 1.29 is 8.76 Å². The van der Waals surface area contributed by atoms with Crippen molar-refractivity contribution in [3.05, 3.63) is 12.2 Å². The molecule has 0 aromatic rings. The number of hydrogen-bond acceptors (Lipinski definition) is 1. The van der Waals surface area contributed by atoms with Gasteiger partial charge in [-0.1, -0.05) is 12.2 Å². The highest BCUT2D eigenvalue weighted by atomic mass is 32.2. The van der Waals surface area contributed by atoms with E-state index in [1.807, 2.05) is 6.08 Å². The van der Waals surface area contributed by atoms with Crippen molar-refractivity contribution in [3.63, 3.8) is 0 Å². The quantitative estimate of drug-likeness (QED) is 0.425. The van der Waals surface area contributed by atoms with Crippen LogP contribution in [0.3, 0.4) is 0 Å². The van der Waals surface area contributed by atoms with Crippen molar-refractivity contribution >= 4 is 11.1 Å². The zero-order chi connectivity index (χ0) is 5.98. The molecule has 0 aromatic heterocycles. The topological polar surface area (TPSA) is 37.3 Å². The van der Waals surface area contributed by atoms with E-state index in [0.717, 1.165) is 12.8 Å². The molecule has 0 amide bonds. The highest BCUT2D eigenvalue weighted by Gasteiger charge is 2.13. The SMILES string of the molecule is O=S(O)C1C=CCC1. The molecule has 3 heteroatoms. The third-order valence-electron chi connectivity index (χ3n) is 1.23. The fourth-order valence-electron chi connectivity index (χ4n) is 0.773. The summed E-state index contributed by atoms with van der Waals surface area (Å²) in [6.45, 7) is 0. The lowest BCUT2D eigenvalue weighted by atomic mass is 10.4. The van der Waals surface area contributed by atoms with Crippen molar-refractivity contribution in [2.45, 2.75) is 18.1 Å². The fraction of sp³-hybridized carbons (Fsp3) is 0.600. The average molecular weight is 132 g/mol. The van der Waals surface area contributed by atoms with E-state index in [0.29, 0.717) is 0 Å². The van der Waals surface area contributed by atoms with Gasteiger partial charge in [0.2, 0.25) is 0 Å². The first kappa shape index (κ1) is 5.98. The van der Waals surface area contributed by atoms with Gasteiger partial charge in [0.25, 0.3) is 0 Å². The molecule has 2 nitrogen and oxygen atoms in total. The van der Waals surface area contributed by atoms with Gasteiger partial charge in [-0.25, -0.2) is 4.21 Å². The van der Waals surface area contributed by atoms with Gasteiger partial charge in [0.15, 0.2) is 11.1 Å². The summed E-state index contributed by atoms with van der Waals surface area (Å²) in [6.07, 6.45) is 5.54. The normalized spacial score (nSPS) is 30.9. The van der Waals surface area contributed by atoms with Gasteiger partial charge < -0.3 is 4.55 Å². The molecule has 1 aliphatic rings. The third kappa shape index (κ3) is 1.17. The molecule has 1 N–H and O–H groups in total. The van der Waals surface area contributed by atoms with E-state index in [-0.39, 0.29) is 5.25 Å². The van der Waals surface area contributed by atoms with Crippen molar-refractivity contribution in [1.29, 1.82) is 0 Å². The molecule has 2 unspecified atom stereocenters. The summed E-state index contributed by atoms with van der Waals surface area (Å²) in [5.74, 6) is 0. The van der Waals surface area contributed by atoms with Gasteiger partial charge in [0.05, 0.1) is 5.25 Å². The van der Waals surface area contributed by atoms with Crippen molar-refractivity contribution in [2.75, 3.05) is 0 Å². The Labute approximate surface area is 50.9 Å². The van der Waals surface area contributed by atoms with Gasteiger partial charge in [-0.3, -0.25) is 0 Å². The minimum Gasteiger partial charge on any atom is -0.306 e. The molecule has 0 bridgehead atoms. The van der Waals surface area contributed by atoms with Crippen molar-refractivity contribution in [3.8, 4) is 0 Å². The van der Waals surface area contributed by atoms with E-state index >= 15 is 0 Å². The fourth-order valence-corrected chi connectivity index (χ4v) is 1.36. The molecule has 0 saturated carbocycles. The summed E-state index contributed by atoms with van der Waals surface area (Å²) in [6, 6.07) is 0. The summed E-state index contributed by atoms with van der Waals surface area (Å²) < 4.78 is 18.7. The van der Waals surface area contributed by atoms with Gasteiger partial charge in [-0.05, 0) is 12.8 Å². The second kappa shape index (κ2) is 2.42. The molecule has 0 aromatic carbocycles. The highest BCUT2D eigenvalue weighted by molar-refractivity contribution is 7.80. The predicted octanol–water partition coefficient (Wildman–Crippen LogP) is 0.927. The Morgan fingerprint density at radius 2 is 2.50 bits per heavy atom. The molecule has 0 heterocycles. The Kier molecular flexibility index (Phi) is 1.81. The van der Waals surface area contributed by atoms with Gasteiger partial charge >= 0.3 is 0 Å². The maximum atomic E-state index is 10.3. The molecule has 1 rings (SSSR count). The summed E-state index contributed by atoms with van der Waals surface area (Å²) in [5.41, 5.74) is 0. The average Bonchev–Trinajstić information content (AvgIpc) is 2.12. The summed E-state index contributed by atoms with van der Waals surface area (Å²) in [4.78, 5) is 0. The number of hydrogen-bond donors (Lipinski definition) is 1. The molecule has 8 heavy (non-hydrogen) atoms. The van der Waals surface area contributed by atoms with Gasteiger partial charge in [-0.2, -0.15) is 0 Å². The monoisotopic (exact) mass is 132 g/mol. The second-order valence-corrected chi connectivity index (χ2v) is 2.98. The van der Waals surface area contributed by atoms with Gasteiger partial charge in [0, 0.05) is 0 Å². The van der Waals surface area contributed by atoms with Crippen LogP contribution < -0.4 is 0 Å². The first-order valence-electron chi connectivity index (χ1n) is 2.57. The zero-order valence-corrected chi connectivity index (χ0v) is 5.23. The van der Waals surface area contributed by atoms with Crippen LogP contribution >= 0.6 is 0 Å². The van der Waals surface area contributed by atoms with E-state index in [4.69, 9.17) is 4.55 Å². The molecule has 0 aliphatic heterocycles. The second-order valence-electron chi connectivity index (χ2n) is 1.82. The summed E-state index contributed by atoms with van der Waals surface area (Å²) >= 11 is -1.63. The first-order valence-corrected chi connectivity index (χ1v) is 3.74. The van der Waals surface area contributed by atoms with Crippen LogP contribution in [0.15, 0.2) is 12.2 Å².